The van der Waals surface area contributed by atoms with Gasteiger partial charge in [-0.2, -0.15) is 0 Å². The van der Waals surface area contributed by atoms with Gasteiger partial charge in [0.25, 0.3) is 0 Å². The molecular weight excluding hydrogens is 151 g/mol. The van der Waals surface area contributed by atoms with Crippen molar-refractivity contribution in [2.75, 3.05) is 14.2 Å². The summed E-state index contributed by atoms with van der Waals surface area (Å²) in [6, 6.07) is -0.255. The van der Waals surface area contributed by atoms with Gasteiger partial charge in [-0.25, -0.2) is 0 Å². The van der Waals surface area contributed by atoms with Crippen molar-refractivity contribution >= 4 is 7.85 Å². The summed E-state index contributed by atoms with van der Waals surface area (Å²) in [7, 11) is 9.08. The topological polar surface area (TPSA) is 18.5 Å². The third-order valence-electron chi connectivity index (χ3n) is 2.90. The molecule has 0 saturated heterocycles. The Hall–Kier alpha value is -0.0151. The van der Waals surface area contributed by atoms with E-state index in [9.17, 15) is 0 Å². The van der Waals surface area contributed by atoms with Gasteiger partial charge in [0.15, 0.2) is 0 Å². The molecule has 2 unspecified atom stereocenters. The van der Waals surface area contributed by atoms with Crippen LogP contribution in [0.2, 0.25) is 0 Å². The van der Waals surface area contributed by atoms with Crippen LogP contribution >= 0.6 is 0 Å². The number of hydrogen-bond acceptors (Lipinski definition) is 2. The predicted octanol–water partition coefficient (Wildman–Crippen LogP) is 1.58. The summed E-state index contributed by atoms with van der Waals surface area (Å²) in [5.41, 5.74) is -0.185. The SMILES string of the molecule is [B]C(OC)C(C)[C@](C)(CC)OC. The Bertz CT molecular complexity index is 124. The standard InChI is InChI=1S/C9H19BO2/c1-6-9(3,12-5)7(2)8(10)11-4/h7-8H,6H2,1-5H3/t7?,8?,9-/m0/s1. The summed E-state index contributed by atoms with van der Waals surface area (Å²) >= 11 is 0. The van der Waals surface area contributed by atoms with Gasteiger partial charge in [-0.15, -0.1) is 0 Å². The van der Waals surface area contributed by atoms with Crippen molar-refractivity contribution in [1.82, 2.24) is 0 Å². The minimum absolute atomic E-state index is 0.185. The van der Waals surface area contributed by atoms with E-state index in [1.54, 1.807) is 14.2 Å². The number of rotatable bonds is 5. The highest BCUT2D eigenvalue weighted by Gasteiger charge is 2.32. The fraction of sp³-hybridized carbons (Fsp3) is 1.00. The van der Waals surface area contributed by atoms with E-state index < -0.39 is 0 Å². The van der Waals surface area contributed by atoms with Crippen molar-refractivity contribution < 1.29 is 9.47 Å². The smallest absolute Gasteiger partial charge is 0.109 e. The molecule has 3 heteroatoms. The fourth-order valence-corrected chi connectivity index (χ4v) is 1.20. The molecule has 12 heavy (non-hydrogen) atoms. The first-order valence-corrected chi connectivity index (χ1v) is 4.35. The molecule has 3 atom stereocenters. The molecule has 0 amide bonds. The molecule has 0 saturated carbocycles. The maximum atomic E-state index is 5.75. The molecule has 0 fully saturated rings. The molecule has 70 valence electrons. The van der Waals surface area contributed by atoms with Crippen LogP contribution in [0.3, 0.4) is 0 Å². The Labute approximate surface area is 77.0 Å². The maximum absolute atomic E-state index is 5.75. The zero-order valence-corrected chi connectivity index (χ0v) is 8.76. The van der Waals surface area contributed by atoms with Crippen molar-refractivity contribution in [2.24, 2.45) is 5.92 Å². The van der Waals surface area contributed by atoms with E-state index in [1.807, 2.05) is 6.92 Å². The highest BCUT2D eigenvalue weighted by atomic mass is 16.5. The second-order valence-corrected chi connectivity index (χ2v) is 3.36. The monoisotopic (exact) mass is 170 g/mol. The summed E-state index contributed by atoms with van der Waals surface area (Å²) < 4.78 is 10.5. The molecule has 0 bridgehead atoms. The third kappa shape index (κ3) is 2.49. The molecule has 2 radical (unpaired) electrons. The van der Waals surface area contributed by atoms with Crippen LogP contribution in [0, 0.1) is 5.92 Å². The number of hydrogen-bond donors (Lipinski definition) is 0. The summed E-state index contributed by atoms with van der Waals surface area (Å²) in [5.74, 6) is 0.192. The van der Waals surface area contributed by atoms with Gasteiger partial charge in [-0.05, 0) is 13.3 Å². The summed E-state index contributed by atoms with van der Waals surface area (Å²) in [5, 5.41) is 0. The highest BCUT2D eigenvalue weighted by Crippen LogP contribution is 2.27. The van der Waals surface area contributed by atoms with E-state index in [2.05, 4.69) is 13.8 Å². The van der Waals surface area contributed by atoms with E-state index in [4.69, 9.17) is 17.3 Å². The molecule has 0 rings (SSSR count). The molecule has 0 aromatic heterocycles. The number of methoxy groups -OCH3 is 2. The first kappa shape index (κ1) is 12.0. The first-order chi connectivity index (χ1) is 5.51. The fourth-order valence-electron chi connectivity index (χ4n) is 1.20. The molecule has 0 heterocycles. The van der Waals surface area contributed by atoms with Crippen LogP contribution in [-0.4, -0.2) is 33.7 Å². The zero-order chi connectivity index (χ0) is 9.78. The molecule has 2 nitrogen and oxygen atoms in total. The Morgan fingerprint density at radius 1 is 1.42 bits per heavy atom. The minimum Gasteiger partial charge on any atom is -0.391 e. The van der Waals surface area contributed by atoms with E-state index in [-0.39, 0.29) is 17.5 Å². The van der Waals surface area contributed by atoms with Gasteiger partial charge in [0, 0.05) is 26.1 Å². The summed E-state index contributed by atoms with van der Waals surface area (Å²) in [4.78, 5) is 0. The van der Waals surface area contributed by atoms with Gasteiger partial charge < -0.3 is 9.47 Å². The lowest BCUT2D eigenvalue weighted by Gasteiger charge is -2.36. The van der Waals surface area contributed by atoms with Crippen LogP contribution in [0.4, 0.5) is 0 Å². The van der Waals surface area contributed by atoms with Gasteiger partial charge >= 0.3 is 0 Å². The van der Waals surface area contributed by atoms with E-state index in [0.29, 0.717) is 0 Å². The van der Waals surface area contributed by atoms with E-state index >= 15 is 0 Å². The second kappa shape index (κ2) is 4.88. The van der Waals surface area contributed by atoms with Crippen molar-refractivity contribution in [1.29, 1.82) is 0 Å². The highest BCUT2D eigenvalue weighted by molar-refractivity contribution is 6.11. The van der Waals surface area contributed by atoms with Gasteiger partial charge in [-0.1, -0.05) is 13.8 Å². The molecular formula is C9H19BO2. The summed E-state index contributed by atoms with van der Waals surface area (Å²) in [6.07, 6.45) is 0.932. The molecule has 0 aliphatic carbocycles. The third-order valence-corrected chi connectivity index (χ3v) is 2.90. The van der Waals surface area contributed by atoms with Gasteiger partial charge in [-0.3, -0.25) is 0 Å². The Morgan fingerprint density at radius 2 is 1.92 bits per heavy atom. The molecule has 0 aliphatic heterocycles. The Kier molecular flexibility index (Phi) is 4.87. The van der Waals surface area contributed by atoms with Crippen molar-refractivity contribution in [3.05, 3.63) is 0 Å². The molecule has 0 N–H and O–H groups in total. The molecule has 0 aromatic rings. The molecule has 0 aromatic carbocycles. The second-order valence-electron chi connectivity index (χ2n) is 3.36. The Balaban J connectivity index is 4.29. The lowest BCUT2D eigenvalue weighted by Crippen LogP contribution is -2.42. The Morgan fingerprint density at radius 3 is 2.17 bits per heavy atom. The van der Waals surface area contributed by atoms with Crippen LogP contribution in [0.1, 0.15) is 27.2 Å². The largest absolute Gasteiger partial charge is 0.391 e. The normalized spacial score (nSPS) is 21.4. The van der Waals surface area contributed by atoms with E-state index in [0.717, 1.165) is 6.42 Å². The first-order valence-electron chi connectivity index (χ1n) is 4.35. The lowest BCUT2D eigenvalue weighted by atomic mass is 9.76. The summed E-state index contributed by atoms with van der Waals surface area (Å²) in [6.45, 7) is 6.18. The zero-order valence-electron chi connectivity index (χ0n) is 8.76. The number of ether oxygens (including phenoxy) is 2. The van der Waals surface area contributed by atoms with Crippen LogP contribution in [0.15, 0.2) is 0 Å². The maximum Gasteiger partial charge on any atom is 0.109 e. The molecule has 0 aliphatic rings. The van der Waals surface area contributed by atoms with Gasteiger partial charge in [0.05, 0.1) is 5.60 Å². The van der Waals surface area contributed by atoms with Crippen LogP contribution < -0.4 is 0 Å². The van der Waals surface area contributed by atoms with Crippen LogP contribution in [-0.2, 0) is 9.47 Å². The average molecular weight is 170 g/mol. The minimum atomic E-state index is -0.255. The average Bonchev–Trinajstić information content (AvgIpc) is 2.14. The van der Waals surface area contributed by atoms with Crippen molar-refractivity contribution in [3.8, 4) is 0 Å². The van der Waals surface area contributed by atoms with Gasteiger partial charge in [0.1, 0.15) is 7.85 Å². The van der Waals surface area contributed by atoms with Crippen molar-refractivity contribution in [3.63, 3.8) is 0 Å². The van der Waals surface area contributed by atoms with Crippen LogP contribution in [0.5, 0.6) is 0 Å². The predicted molar refractivity (Wildman–Crippen MR) is 51.4 cm³/mol. The van der Waals surface area contributed by atoms with Crippen molar-refractivity contribution in [2.45, 2.75) is 38.8 Å². The van der Waals surface area contributed by atoms with Gasteiger partial charge in [0.2, 0.25) is 0 Å². The van der Waals surface area contributed by atoms with Crippen LogP contribution in [0.25, 0.3) is 0 Å². The quantitative estimate of drug-likeness (QED) is 0.583. The molecule has 0 spiro atoms. The lowest BCUT2D eigenvalue weighted by molar-refractivity contribution is -0.0719. The van der Waals surface area contributed by atoms with E-state index in [1.165, 1.54) is 0 Å².